The van der Waals surface area contributed by atoms with E-state index in [4.69, 9.17) is 5.73 Å². The zero-order valence-corrected chi connectivity index (χ0v) is 17.6. The minimum Gasteiger partial charge on any atom is -0.367 e. The van der Waals surface area contributed by atoms with Gasteiger partial charge in [0.15, 0.2) is 11.5 Å². The molecule has 0 fully saturated rings. The Labute approximate surface area is 181 Å². The van der Waals surface area contributed by atoms with Crippen molar-refractivity contribution in [3.8, 4) is 0 Å². The maximum absolute atomic E-state index is 13.1. The Kier molecular flexibility index (Phi) is 6.52. The van der Waals surface area contributed by atoms with E-state index in [2.05, 4.69) is 56.0 Å². The number of hydrogen-bond donors (Lipinski definition) is 2. The summed E-state index contributed by atoms with van der Waals surface area (Å²) in [5, 5.41) is 3.30. The van der Waals surface area contributed by atoms with Crippen LogP contribution < -0.4 is 11.1 Å². The summed E-state index contributed by atoms with van der Waals surface area (Å²) in [6.45, 7) is 3.52. The van der Waals surface area contributed by atoms with Crippen molar-refractivity contribution < 1.29 is 4.39 Å². The third-order valence-electron chi connectivity index (χ3n) is 5.45. The number of benzene rings is 2. The molecule has 0 amide bonds. The summed E-state index contributed by atoms with van der Waals surface area (Å²) in [5.74, 6) is 0.436. The molecule has 7 heteroatoms. The fourth-order valence-corrected chi connectivity index (χ4v) is 3.73. The highest BCUT2D eigenvalue weighted by molar-refractivity contribution is 5.82. The van der Waals surface area contributed by atoms with E-state index in [1.54, 1.807) is 18.5 Å². The molecule has 0 spiro atoms. The zero-order chi connectivity index (χ0) is 21.6. The van der Waals surface area contributed by atoms with Crippen LogP contribution in [0.1, 0.15) is 23.1 Å². The van der Waals surface area contributed by atoms with Crippen LogP contribution in [-0.4, -0.2) is 32.1 Å². The lowest BCUT2D eigenvalue weighted by molar-refractivity contribution is 0.625. The minimum absolute atomic E-state index is 0.133. The molecule has 0 bridgehead atoms. The zero-order valence-electron chi connectivity index (χ0n) is 17.6. The van der Waals surface area contributed by atoms with Crippen molar-refractivity contribution in [2.24, 2.45) is 5.73 Å². The molecule has 0 aliphatic heterocycles. The quantitative estimate of drug-likeness (QED) is 0.431. The molecule has 0 radical (unpaired) electrons. The van der Waals surface area contributed by atoms with Gasteiger partial charge < -0.3 is 15.6 Å². The van der Waals surface area contributed by atoms with Crippen molar-refractivity contribution in [2.75, 3.05) is 11.9 Å². The molecule has 6 nitrogen and oxygen atoms in total. The van der Waals surface area contributed by atoms with E-state index >= 15 is 0 Å². The second-order valence-corrected chi connectivity index (χ2v) is 7.83. The summed E-state index contributed by atoms with van der Waals surface area (Å²) in [7, 11) is 0. The van der Waals surface area contributed by atoms with Crippen molar-refractivity contribution in [3.63, 3.8) is 0 Å². The number of nitrogens with one attached hydrogen (secondary N) is 1. The minimum atomic E-state index is -0.242. The number of aryl methyl sites for hydroxylation is 3. The van der Waals surface area contributed by atoms with Gasteiger partial charge in [0.05, 0.1) is 6.33 Å². The van der Waals surface area contributed by atoms with Crippen LogP contribution in [0.5, 0.6) is 0 Å². The highest BCUT2D eigenvalue weighted by atomic mass is 19.1. The van der Waals surface area contributed by atoms with E-state index in [0.717, 1.165) is 36.1 Å². The van der Waals surface area contributed by atoms with E-state index in [0.29, 0.717) is 18.8 Å². The molecule has 2 aromatic heterocycles. The number of aromatic nitrogens is 4. The molecule has 1 atom stereocenters. The van der Waals surface area contributed by atoms with Crippen LogP contribution in [0.4, 0.5) is 10.2 Å². The van der Waals surface area contributed by atoms with Crippen molar-refractivity contribution in [1.29, 1.82) is 0 Å². The van der Waals surface area contributed by atoms with Crippen LogP contribution in [0.3, 0.4) is 0 Å². The lowest BCUT2D eigenvalue weighted by Gasteiger charge is -2.13. The van der Waals surface area contributed by atoms with Crippen LogP contribution >= 0.6 is 0 Å². The van der Waals surface area contributed by atoms with Crippen molar-refractivity contribution >= 4 is 17.0 Å². The molecule has 0 saturated carbocycles. The molecular formula is C24H27FN6. The Hall–Kier alpha value is -3.32. The summed E-state index contributed by atoms with van der Waals surface area (Å²) in [6, 6.07) is 14.8. The highest BCUT2D eigenvalue weighted by Crippen LogP contribution is 2.18. The molecule has 3 N–H and O–H groups in total. The van der Waals surface area contributed by atoms with Gasteiger partial charge in [0.25, 0.3) is 0 Å². The monoisotopic (exact) mass is 418 g/mol. The third kappa shape index (κ3) is 5.24. The molecule has 160 valence electrons. The van der Waals surface area contributed by atoms with Crippen molar-refractivity contribution in [3.05, 3.63) is 83.7 Å². The van der Waals surface area contributed by atoms with Gasteiger partial charge in [-0.15, -0.1) is 0 Å². The Balaban J connectivity index is 1.36. The molecule has 4 rings (SSSR count). The summed E-state index contributed by atoms with van der Waals surface area (Å²) >= 11 is 0. The Morgan fingerprint density at radius 2 is 1.87 bits per heavy atom. The van der Waals surface area contributed by atoms with E-state index in [1.165, 1.54) is 23.3 Å². The van der Waals surface area contributed by atoms with Crippen LogP contribution in [-0.2, 0) is 19.4 Å². The van der Waals surface area contributed by atoms with Crippen molar-refractivity contribution in [2.45, 2.75) is 38.8 Å². The molecule has 31 heavy (non-hydrogen) atoms. The normalized spacial score (nSPS) is 12.2. The number of nitrogens with two attached hydrogens (primary N) is 1. The van der Waals surface area contributed by atoms with E-state index < -0.39 is 0 Å². The molecule has 0 aliphatic rings. The highest BCUT2D eigenvalue weighted by Gasteiger charge is 2.12. The second kappa shape index (κ2) is 9.66. The van der Waals surface area contributed by atoms with Gasteiger partial charge in [0.1, 0.15) is 17.7 Å². The molecule has 0 aliphatic carbocycles. The number of nitrogens with zero attached hydrogens (tertiary/aromatic N) is 4. The second-order valence-electron chi connectivity index (χ2n) is 7.83. The van der Waals surface area contributed by atoms with Crippen LogP contribution in [0, 0.1) is 12.7 Å². The van der Waals surface area contributed by atoms with E-state index in [9.17, 15) is 4.39 Å². The first-order valence-electron chi connectivity index (χ1n) is 10.5. The summed E-state index contributed by atoms with van der Waals surface area (Å²) in [6.07, 6.45) is 6.04. The maximum atomic E-state index is 13.1. The summed E-state index contributed by atoms with van der Waals surface area (Å²) in [5.41, 5.74) is 11.5. The Bertz CT molecular complexity index is 1140. The topological polar surface area (TPSA) is 81.7 Å². The molecule has 4 aromatic rings. The lowest BCUT2D eigenvalue weighted by atomic mass is 10.0. The van der Waals surface area contributed by atoms with Gasteiger partial charge in [-0.1, -0.05) is 36.4 Å². The average Bonchev–Trinajstić information content (AvgIpc) is 3.19. The van der Waals surface area contributed by atoms with Gasteiger partial charge in [-0.2, -0.15) is 0 Å². The first-order valence-corrected chi connectivity index (χ1v) is 10.5. The van der Waals surface area contributed by atoms with Gasteiger partial charge in [0.2, 0.25) is 0 Å². The van der Waals surface area contributed by atoms with Crippen molar-refractivity contribution in [1.82, 2.24) is 19.5 Å². The number of anilines is 1. The first kappa shape index (κ1) is 20.9. The summed E-state index contributed by atoms with van der Waals surface area (Å²) in [4.78, 5) is 13.3. The molecule has 2 aromatic carbocycles. The first-order chi connectivity index (χ1) is 15.1. The predicted octanol–water partition coefficient (Wildman–Crippen LogP) is 3.89. The van der Waals surface area contributed by atoms with Gasteiger partial charge in [-0.25, -0.2) is 19.3 Å². The van der Waals surface area contributed by atoms with Crippen LogP contribution in [0.25, 0.3) is 11.2 Å². The van der Waals surface area contributed by atoms with Crippen LogP contribution in [0.2, 0.25) is 0 Å². The largest absolute Gasteiger partial charge is 0.367 e. The van der Waals surface area contributed by atoms with E-state index in [1.807, 2.05) is 6.33 Å². The number of imidazole rings is 1. The van der Waals surface area contributed by atoms with Gasteiger partial charge in [-0.05, 0) is 55.0 Å². The number of fused-ring (bicyclic) bond motifs is 1. The Morgan fingerprint density at radius 1 is 1.06 bits per heavy atom. The number of rotatable bonds is 9. The maximum Gasteiger partial charge on any atom is 0.165 e. The average molecular weight is 419 g/mol. The van der Waals surface area contributed by atoms with Gasteiger partial charge >= 0.3 is 0 Å². The molecule has 2 heterocycles. The van der Waals surface area contributed by atoms with Gasteiger partial charge in [-0.3, -0.25) is 0 Å². The predicted molar refractivity (Wildman–Crippen MR) is 121 cm³/mol. The smallest absolute Gasteiger partial charge is 0.165 e. The lowest BCUT2D eigenvalue weighted by Crippen LogP contribution is -2.31. The third-order valence-corrected chi connectivity index (χ3v) is 5.45. The molecular weight excluding hydrogens is 391 g/mol. The van der Waals surface area contributed by atoms with E-state index in [-0.39, 0.29) is 11.9 Å². The number of hydrogen-bond acceptors (Lipinski definition) is 5. The SMILES string of the molecule is Cc1ccccc1CCCn1cnc2c(NCC(N)Cc3ccc(F)cc3)ncnc21. The Morgan fingerprint density at radius 3 is 2.68 bits per heavy atom. The number of halogens is 1. The standard InChI is InChI=1S/C24H27FN6/c1-17-5-2-3-6-19(17)7-4-12-31-16-30-22-23(28-15-29-24(22)31)27-14-21(26)13-18-8-10-20(25)11-9-18/h2-3,5-6,8-11,15-16,21H,4,7,12-14,26H2,1H3,(H,27,28,29). The molecule has 1 unspecified atom stereocenters. The van der Waals surface area contributed by atoms with Crippen LogP contribution in [0.15, 0.2) is 61.2 Å². The fraction of sp³-hybridized carbons (Fsp3) is 0.292. The molecule has 0 saturated heterocycles. The summed E-state index contributed by atoms with van der Waals surface area (Å²) < 4.78 is 15.1. The van der Waals surface area contributed by atoms with Gasteiger partial charge in [0, 0.05) is 19.1 Å². The fourth-order valence-electron chi connectivity index (χ4n) is 3.73.